The summed E-state index contributed by atoms with van der Waals surface area (Å²) in [5, 5.41) is 10.4. The molecule has 2 fully saturated rings. The molecule has 0 radical (unpaired) electrons. The van der Waals surface area contributed by atoms with E-state index < -0.39 is 0 Å². The van der Waals surface area contributed by atoms with E-state index in [-0.39, 0.29) is 24.8 Å². The average Bonchev–Trinajstić information content (AvgIpc) is 2.45. The zero-order valence-corrected chi connectivity index (χ0v) is 17.6. The number of halogens is 2. The van der Waals surface area contributed by atoms with Crippen LogP contribution >= 0.6 is 24.8 Å². The summed E-state index contributed by atoms with van der Waals surface area (Å²) in [6.45, 7) is 13.7. The third-order valence-electron chi connectivity index (χ3n) is 5.40. The quantitative estimate of drug-likeness (QED) is 0.753. The largest absolute Gasteiger partial charge is 0.506 e. The fourth-order valence-corrected chi connectivity index (χ4v) is 4.70. The van der Waals surface area contributed by atoms with Gasteiger partial charge in [-0.2, -0.15) is 0 Å². The summed E-state index contributed by atoms with van der Waals surface area (Å²) < 4.78 is 0. The molecule has 0 spiro atoms. The van der Waals surface area contributed by atoms with Crippen LogP contribution in [0.1, 0.15) is 40.5 Å². The molecule has 4 unspecified atom stereocenters. The molecule has 144 valence electrons. The van der Waals surface area contributed by atoms with Crippen molar-refractivity contribution in [1.29, 1.82) is 0 Å². The molecule has 0 bridgehead atoms. The van der Waals surface area contributed by atoms with E-state index in [1.807, 2.05) is 6.07 Å². The summed E-state index contributed by atoms with van der Waals surface area (Å²) in [6, 6.07) is 6.18. The lowest BCUT2D eigenvalue weighted by atomic mass is 9.91. The van der Waals surface area contributed by atoms with Gasteiger partial charge in [-0.15, -0.1) is 24.8 Å². The summed E-state index contributed by atoms with van der Waals surface area (Å²) in [5.74, 6) is 3.29. The molecule has 25 heavy (non-hydrogen) atoms. The number of nitrogens with zero attached hydrogens (tertiary/aromatic N) is 2. The molecule has 1 aromatic rings. The van der Waals surface area contributed by atoms with E-state index in [2.05, 4.69) is 49.6 Å². The van der Waals surface area contributed by atoms with Crippen LogP contribution in [0.25, 0.3) is 0 Å². The van der Waals surface area contributed by atoms with Gasteiger partial charge >= 0.3 is 0 Å². The number of hydrogen-bond donors (Lipinski definition) is 1. The van der Waals surface area contributed by atoms with Crippen molar-refractivity contribution in [3.63, 3.8) is 0 Å². The molecule has 2 aliphatic rings. The molecule has 0 amide bonds. The summed E-state index contributed by atoms with van der Waals surface area (Å²) in [7, 11) is 0. The first-order valence-corrected chi connectivity index (χ1v) is 9.25. The van der Waals surface area contributed by atoms with Crippen molar-refractivity contribution in [2.24, 2.45) is 23.7 Å². The van der Waals surface area contributed by atoms with E-state index in [1.165, 1.54) is 18.5 Å². The van der Waals surface area contributed by atoms with Crippen LogP contribution in [0.4, 0.5) is 11.4 Å². The van der Waals surface area contributed by atoms with Gasteiger partial charge in [0.25, 0.3) is 0 Å². The summed E-state index contributed by atoms with van der Waals surface area (Å²) >= 11 is 0. The molecule has 3 nitrogen and oxygen atoms in total. The highest BCUT2D eigenvalue weighted by Crippen LogP contribution is 2.37. The van der Waals surface area contributed by atoms with E-state index in [1.54, 1.807) is 0 Å². The Labute approximate surface area is 165 Å². The van der Waals surface area contributed by atoms with Gasteiger partial charge in [0, 0.05) is 31.9 Å². The number of phenols is 1. The number of phenolic OH excluding ortho intramolecular Hbond substituents is 1. The molecule has 2 heterocycles. The van der Waals surface area contributed by atoms with Crippen LogP contribution in [0.2, 0.25) is 0 Å². The van der Waals surface area contributed by atoms with Crippen LogP contribution in [0, 0.1) is 23.7 Å². The van der Waals surface area contributed by atoms with Gasteiger partial charge in [0.15, 0.2) is 0 Å². The van der Waals surface area contributed by atoms with E-state index in [0.717, 1.165) is 43.7 Å². The van der Waals surface area contributed by atoms with E-state index in [9.17, 15) is 5.11 Å². The normalized spacial score (nSPS) is 29.6. The SMILES string of the molecule is CC1CC(C)CN(c2ccc(O)c(N3CC(C)CC(C)C3)c2)C1.Cl.Cl. The zero-order valence-electron chi connectivity index (χ0n) is 15.9. The Morgan fingerprint density at radius 2 is 1.20 bits per heavy atom. The molecular weight excluding hydrogens is 355 g/mol. The van der Waals surface area contributed by atoms with Crippen LogP contribution < -0.4 is 9.80 Å². The topological polar surface area (TPSA) is 26.7 Å². The minimum Gasteiger partial charge on any atom is -0.506 e. The second kappa shape index (κ2) is 9.23. The molecule has 5 heteroatoms. The van der Waals surface area contributed by atoms with E-state index in [0.29, 0.717) is 17.6 Å². The van der Waals surface area contributed by atoms with Crippen LogP contribution in [-0.2, 0) is 0 Å². The first-order valence-electron chi connectivity index (χ1n) is 9.25. The molecule has 0 aliphatic carbocycles. The fraction of sp³-hybridized carbons (Fsp3) is 0.700. The highest BCUT2D eigenvalue weighted by atomic mass is 35.5. The predicted octanol–water partition coefficient (Wildman–Crippen LogP) is 5.20. The Balaban J connectivity index is 0.00000156. The van der Waals surface area contributed by atoms with Gasteiger partial charge in [0.05, 0.1) is 5.69 Å². The van der Waals surface area contributed by atoms with Crippen molar-refractivity contribution in [3.05, 3.63) is 18.2 Å². The molecule has 1 N–H and O–H groups in total. The Bertz CT molecular complexity index is 534. The van der Waals surface area contributed by atoms with Gasteiger partial charge in [-0.3, -0.25) is 0 Å². The van der Waals surface area contributed by atoms with Crippen LogP contribution in [-0.4, -0.2) is 31.3 Å². The fourth-order valence-electron chi connectivity index (χ4n) is 4.70. The lowest BCUT2D eigenvalue weighted by Gasteiger charge is -2.39. The van der Waals surface area contributed by atoms with E-state index in [4.69, 9.17) is 0 Å². The van der Waals surface area contributed by atoms with Crippen LogP contribution in [0.5, 0.6) is 5.75 Å². The van der Waals surface area contributed by atoms with Crippen molar-refractivity contribution >= 4 is 36.2 Å². The van der Waals surface area contributed by atoms with Crippen molar-refractivity contribution in [3.8, 4) is 5.75 Å². The molecule has 2 saturated heterocycles. The van der Waals surface area contributed by atoms with Gasteiger partial charge < -0.3 is 14.9 Å². The summed E-state index contributed by atoms with van der Waals surface area (Å²) in [6.07, 6.45) is 2.61. The van der Waals surface area contributed by atoms with Crippen molar-refractivity contribution in [1.82, 2.24) is 0 Å². The van der Waals surface area contributed by atoms with Crippen LogP contribution in [0.3, 0.4) is 0 Å². The highest BCUT2D eigenvalue weighted by molar-refractivity contribution is 5.85. The minimum atomic E-state index is 0. The van der Waals surface area contributed by atoms with Gasteiger partial charge in [-0.25, -0.2) is 0 Å². The predicted molar refractivity (Wildman–Crippen MR) is 113 cm³/mol. The minimum absolute atomic E-state index is 0. The monoisotopic (exact) mass is 388 g/mol. The molecule has 3 rings (SSSR count). The molecule has 1 aromatic carbocycles. The maximum absolute atomic E-state index is 10.4. The Morgan fingerprint density at radius 1 is 0.760 bits per heavy atom. The number of anilines is 2. The number of rotatable bonds is 2. The number of benzene rings is 1. The Kier molecular flexibility index (Phi) is 8.21. The number of hydrogen-bond acceptors (Lipinski definition) is 3. The molecule has 2 aliphatic heterocycles. The molecule has 0 saturated carbocycles. The van der Waals surface area contributed by atoms with Crippen LogP contribution in [0.15, 0.2) is 18.2 Å². The van der Waals surface area contributed by atoms with Gasteiger partial charge in [-0.05, 0) is 54.7 Å². The second-order valence-corrected chi connectivity index (χ2v) is 8.38. The van der Waals surface area contributed by atoms with Crippen molar-refractivity contribution < 1.29 is 5.11 Å². The zero-order chi connectivity index (χ0) is 16.6. The maximum atomic E-state index is 10.4. The van der Waals surface area contributed by atoms with Crippen molar-refractivity contribution in [2.45, 2.75) is 40.5 Å². The standard InChI is InChI=1S/C20H32N2O.2ClH/c1-14-7-15(2)11-21(10-14)18-5-6-20(23)19(9-18)22-12-16(3)8-17(4)13-22;;/h5-6,9,14-17,23H,7-8,10-13H2,1-4H3;2*1H. The Hall–Kier alpha value is -0.800. The molecule has 4 atom stereocenters. The lowest BCUT2D eigenvalue weighted by molar-refractivity contribution is 0.352. The smallest absolute Gasteiger partial charge is 0.139 e. The maximum Gasteiger partial charge on any atom is 0.139 e. The van der Waals surface area contributed by atoms with Gasteiger partial charge in [-0.1, -0.05) is 27.7 Å². The number of aromatic hydroxyl groups is 1. The first kappa shape index (κ1) is 22.2. The first-order chi connectivity index (χ1) is 10.9. The molecular formula is C20H34Cl2N2O. The van der Waals surface area contributed by atoms with Gasteiger partial charge in [0.1, 0.15) is 5.75 Å². The average molecular weight is 389 g/mol. The summed E-state index contributed by atoms with van der Waals surface area (Å²) in [5.41, 5.74) is 2.29. The summed E-state index contributed by atoms with van der Waals surface area (Å²) in [4.78, 5) is 4.88. The lowest BCUT2D eigenvalue weighted by Crippen LogP contribution is -2.40. The van der Waals surface area contributed by atoms with E-state index >= 15 is 0 Å². The highest BCUT2D eigenvalue weighted by Gasteiger charge is 2.26. The number of piperidine rings is 2. The Morgan fingerprint density at radius 3 is 1.68 bits per heavy atom. The third-order valence-corrected chi connectivity index (χ3v) is 5.40. The van der Waals surface area contributed by atoms with Crippen molar-refractivity contribution in [2.75, 3.05) is 36.0 Å². The second-order valence-electron chi connectivity index (χ2n) is 8.38. The molecule has 0 aromatic heterocycles. The third kappa shape index (κ3) is 5.34. The van der Waals surface area contributed by atoms with Gasteiger partial charge in [0.2, 0.25) is 0 Å².